The van der Waals surface area contributed by atoms with Crippen LogP contribution in [-0.2, 0) is 4.79 Å². The number of rotatable bonds is 6. The lowest BCUT2D eigenvalue weighted by atomic mass is 9.93. The Kier molecular flexibility index (Phi) is 7.53. The highest BCUT2D eigenvalue weighted by Crippen LogP contribution is 2.22. The number of benzene rings is 2. The van der Waals surface area contributed by atoms with Gasteiger partial charge in [0, 0.05) is 30.2 Å². The summed E-state index contributed by atoms with van der Waals surface area (Å²) >= 11 is 5.89. The van der Waals surface area contributed by atoms with Gasteiger partial charge < -0.3 is 15.5 Å². The fraction of sp³-hybridized carbons (Fsp3) is 0.391. The van der Waals surface area contributed by atoms with E-state index in [1.54, 1.807) is 24.3 Å². The van der Waals surface area contributed by atoms with Crippen molar-refractivity contribution in [3.05, 3.63) is 65.2 Å². The summed E-state index contributed by atoms with van der Waals surface area (Å²) in [4.78, 5) is 26.7. The number of likely N-dealkylation sites (tertiary alicyclic amines) is 1. The van der Waals surface area contributed by atoms with Gasteiger partial charge in [0.15, 0.2) is 0 Å². The van der Waals surface area contributed by atoms with E-state index in [9.17, 15) is 9.59 Å². The third-order valence-corrected chi connectivity index (χ3v) is 5.61. The van der Waals surface area contributed by atoms with Crippen LogP contribution in [0.3, 0.4) is 0 Å². The van der Waals surface area contributed by atoms with Crippen LogP contribution in [0, 0.1) is 5.92 Å². The molecule has 2 N–H and O–H groups in total. The van der Waals surface area contributed by atoms with E-state index in [4.69, 9.17) is 11.6 Å². The number of hydrogen-bond acceptors (Lipinski definition) is 2. The van der Waals surface area contributed by atoms with Crippen LogP contribution < -0.4 is 10.6 Å². The number of amides is 3. The Morgan fingerprint density at radius 2 is 1.86 bits per heavy atom. The quantitative estimate of drug-likeness (QED) is 0.680. The molecule has 0 spiro atoms. The van der Waals surface area contributed by atoms with Crippen LogP contribution in [-0.4, -0.2) is 29.9 Å². The minimum Gasteiger partial charge on any atom is -0.350 e. The number of piperidine rings is 1. The molecular formula is C23H28ClN3O2. The first kappa shape index (κ1) is 21.2. The SMILES string of the molecule is CC(NC(=O)CCC1CCCN(C(=O)Nc2ccc(Cl)cc2)C1)c1ccccc1. The van der Waals surface area contributed by atoms with E-state index in [0.717, 1.165) is 37.1 Å². The van der Waals surface area contributed by atoms with Crippen molar-refractivity contribution >= 4 is 29.2 Å². The molecule has 0 aromatic heterocycles. The molecule has 6 heteroatoms. The van der Waals surface area contributed by atoms with Crippen LogP contribution in [0.4, 0.5) is 10.5 Å². The molecule has 5 nitrogen and oxygen atoms in total. The molecule has 2 aromatic rings. The van der Waals surface area contributed by atoms with Crippen molar-refractivity contribution < 1.29 is 9.59 Å². The van der Waals surface area contributed by atoms with Gasteiger partial charge >= 0.3 is 6.03 Å². The second kappa shape index (κ2) is 10.3. The maximum atomic E-state index is 12.5. The minimum atomic E-state index is -0.0980. The fourth-order valence-electron chi connectivity index (χ4n) is 3.69. The van der Waals surface area contributed by atoms with Crippen molar-refractivity contribution in [2.75, 3.05) is 18.4 Å². The van der Waals surface area contributed by atoms with Crippen LogP contribution in [0.5, 0.6) is 0 Å². The molecule has 29 heavy (non-hydrogen) atoms. The van der Waals surface area contributed by atoms with Crippen molar-refractivity contribution in [2.24, 2.45) is 5.92 Å². The van der Waals surface area contributed by atoms with Crippen molar-refractivity contribution in [2.45, 2.75) is 38.6 Å². The zero-order valence-electron chi connectivity index (χ0n) is 16.7. The second-order valence-electron chi connectivity index (χ2n) is 7.63. The molecule has 2 unspecified atom stereocenters. The first-order chi connectivity index (χ1) is 14.0. The molecule has 1 aliphatic heterocycles. The third-order valence-electron chi connectivity index (χ3n) is 5.36. The lowest BCUT2D eigenvalue weighted by Gasteiger charge is -2.32. The molecule has 0 bridgehead atoms. The van der Waals surface area contributed by atoms with Gasteiger partial charge in [-0.3, -0.25) is 4.79 Å². The van der Waals surface area contributed by atoms with E-state index in [-0.39, 0.29) is 18.0 Å². The fourth-order valence-corrected chi connectivity index (χ4v) is 3.82. The van der Waals surface area contributed by atoms with E-state index in [0.29, 0.717) is 23.9 Å². The molecule has 0 radical (unpaired) electrons. The predicted molar refractivity (Wildman–Crippen MR) is 117 cm³/mol. The smallest absolute Gasteiger partial charge is 0.321 e. The normalized spacial score (nSPS) is 17.4. The lowest BCUT2D eigenvalue weighted by molar-refractivity contribution is -0.122. The van der Waals surface area contributed by atoms with Gasteiger partial charge in [-0.15, -0.1) is 0 Å². The Labute approximate surface area is 177 Å². The molecule has 154 valence electrons. The van der Waals surface area contributed by atoms with Gasteiger partial charge in [0.05, 0.1) is 6.04 Å². The highest BCUT2D eigenvalue weighted by Gasteiger charge is 2.24. The largest absolute Gasteiger partial charge is 0.350 e. The van der Waals surface area contributed by atoms with Crippen LogP contribution in [0.1, 0.15) is 44.2 Å². The number of nitrogens with zero attached hydrogens (tertiary/aromatic N) is 1. The Hall–Kier alpha value is -2.53. The standard InChI is InChI=1S/C23H28ClN3O2/c1-17(19-7-3-2-4-8-19)25-22(28)14-9-18-6-5-15-27(16-18)23(29)26-21-12-10-20(24)11-13-21/h2-4,7-8,10-13,17-18H,5-6,9,14-16H2,1H3,(H,25,28)(H,26,29). The Bertz CT molecular complexity index is 811. The summed E-state index contributed by atoms with van der Waals surface area (Å²) in [6.45, 7) is 3.42. The van der Waals surface area contributed by atoms with Crippen LogP contribution in [0.25, 0.3) is 0 Å². The maximum absolute atomic E-state index is 12.5. The summed E-state index contributed by atoms with van der Waals surface area (Å²) in [5, 5.41) is 6.62. The molecule has 1 heterocycles. The van der Waals surface area contributed by atoms with Gasteiger partial charge in [-0.1, -0.05) is 41.9 Å². The molecule has 1 fully saturated rings. The van der Waals surface area contributed by atoms with E-state index < -0.39 is 0 Å². The monoisotopic (exact) mass is 413 g/mol. The summed E-state index contributed by atoms with van der Waals surface area (Å²) in [6.07, 6.45) is 3.28. The number of nitrogens with one attached hydrogen (secondary N) is 2. The highest BCUT2D eigenvalue weighted by molar-refractivity contribution is 6.30. The Balaban J connectivity index is 1.43. The Morgan fingerprint density at radius 3 is 2.59 bits per heavy atom. The average molecular weight is 414 g/mol. The number of anilines is 1. The van der Waals surface area contributed by atoms with Crippen LogP contribution in [0.2, 0.25) is 5.02 Å². The van der Waals surface area contributed by atoms with Crippen molar-refractivity contribution in [1.29, 1.82) is 0 Å². The van der Waals surface area contributed by atoms with Gasteiger partial charge in [0.25, 0.3) is 0 Å². The maximum Gasteiger partial charge on any atom is 0.321 e. The van der Waals surface area contributed by atoms with Crippen LogP contribution in [0.15, 0.2) is 54.6 Å². The van der Waals surface area contributed by atoms with E-state index >= 15 is 0 Å². The topological polar surface area (TPSA) is 61.4 Å². The summed E-state index contributed by atoms with van der Waals surface area (Å²) in [7, 11) is 0. The van der Waals surface area contributed by atoms with Crippen molar-refractivity contribution in [3.8, 4) is 0 Å². The zero-order valence-corrected chi connectivity index (χ0v) is 17.5. The van der Waals surface area contributed by atoms with Crippen molar-refractivity contribution in [3.63, 3.8) is 0 Å². The van der Waals surface area contributed by atoms with E-state index in [1.807, 2.05) is 42.2 Å². The zero-order chi connectivity index (χ0) is 20.6. The van der Waals surface area contributed by atoms with E-state index in [1.165, 1.54) is 0 Å². The molecule has 0 aliphatic carbocycles. The van der Waals surface area contributed by atoms with Gasteiger partial charge in [-0.05, 0) is 61.9 Å². The molecule has 3 amide bonds. The number of carbonyl (C=O) groups excluding carboxylic acids is 2. The summed E-state index contributed by atoms with van der Waals surface area (Å²) in [5.74, 6) is 0.404. The number of urea groups is 1. The lowest BCUT2D eigenvalue weighted by Crippen LogP contribution is -2.42. The number of hydrogen-bond donors (Lipinski definition) is 2. The average Bonchev–Trinajstić information content (AvgIpc) is 2.74. The number of halogens is 1. The summed E-state index contributed by atoms with van der Waals surface area (Å²) in [6, 6.07) is 16.9. The van der Waals surface area contributed by atoms with Gasteiger partial charge in [0.2, 0.25) is 5.91 Å². The molecule has 0 saturated carbocycles. The van der Waals surface area contributed by atoms with Crippen molar-refractivity contribution in [1.82, 2.24) is 10.2 Å². The minimum absolute atomic E-state index is 0.00305. The highest BCUT2D eigenvalue weighted by atomic mass is 35.5. The molecule has 1 saturated heterocycles. The predicted octanol–water partition coefficient (Wildman–Crippen LogP) is 5.24. The molecule has 2 aromatic carbocycles. The molecule has 1 aliphatic rings. The third kappa shape index (κ3) is 6.50. The second-order valence-corrected chi connectivity index (χ2v) is 8.07. The first-order valence-corrected chi connectivity index (χ1v) is 10.5. The van der Waals surface area contributed by atoms with Gasteiger partial charge in [-0.2, -0.15) is 0 Å². The summed E-state index contributed by atoms with van der Waals surface area (Å²) < 4.78 is 0. The van der Waals surface area contributed by atoms with Gasteiger partial charge in [0.1, 0.15) is 0 Å². The van der Waals surface area contributed by atoms with E-state index in [2.05, 4.69) is 10.6 Å². The molecule has 2 atom stereocenters. The van der Waals surface area contributed by atoms with Crippen LogP contribution >= 0.6 is 11.6 Å². The molecule has 3 rings (SSSR count). The Morgan fingerprint density at radius 1 is 1.14 bits per heavy atom. The number of carbonyl (C=O) groups is 2. The molecular weight excluding hydrogens is 386 g/mol. The first-order valence-electron chi connectivity index (χ1n) is 10.2. The van der Waals surface area contributed by atoms with Gasteiger partial charge in [-0.25, -0.2) is 4.79 Å². The summed E-state index contributed by atoms with van der Waals surface area (Å²) in [5.41, 5.74) is 1.83.